The lowest BCUT2D eigenvalue weighted by atomic mass is 10.3. The van der Waals surface area contributed by atoms with Gasteiger partial charge in [-0.1, -0.05) is 12.1 Å². The molecule has 0 amide bonds. The predicted molar refractivity (Wildman–Crippen MR) is 73.6 cm³/mol. The van der Waals surface area contributed by atoms with Gasteiger partial charge in [-0.25, -0.2) is 0 Å². The molecule has 0 radical (unpaired) electrons. The molecule has 0 unspecified atom stereocenters. The van der Waals surface area contributed by atoms with Crippen molar-refractivity contribution in [2.45, 2.75) is 9.10 Å². The van der Waals surface area contributed by atoms with Crippen molar-refractivity contribution in [2.75, 3.05) is 6.26 Å². The number of thioether (sulfide) groups is 1. The summed E-state index contributed by atoms with van der Waals surface area (Å²) in [5, 5.41) is 1.34. The number of fused-ring (bicyclic) bond motifs is 1. The van der Waals surface area contributed by atoms with Crippen LogP contribution in [0.1, 0.15) is 0 Å². The Bertz CT molecular complexity index is 447. The number of halogens is 1. The molecule has 0 atom stereocenters. The van der Waals surface area contributed by atoms with Gasteiger partial charge in [-0.2, -0.15) is 0 Å². The van der Waals surface area contributed by atoms with Crippen LogP contribution in [0, 0.1) is 3.57 Å². The molecule has 0 aliphatic carbocycles. The molecule has 0 spiro atoms. The smallest absolute Gasteiger partial charge is 0.0715 e. The van der Waals surface area contributed by atoms with Crippen LogP contribution >= 0.6 is 58.3 Å². The monoisotopic (exact) mass is 338 g/mol. The highest BCUT2D eigenvalue weighted by molar-refractivity contribution is 14.1. The highest BCUT2D eigenvalue weighted by Crippen LogP contribution is 2.39. The first kappa shape index (κ1) is 10.1. The Morgan fingerprint density at radius 3 is 2.92 bits per heavy atom. The van der Waals surface area contributed by atoms with Crippen molar-refractivity contribution in [3.05, 3.63) is 21.8 Å². The number of thiol groups is 1. The molecule has 0 aliphatic heterocycles. The maximum Gasteiger partial charge on any atom is 0.0715 e. The van der Waals surface area contributed by atoms with E-state index in [1.807, 2.05) is 0 Å². The van der Waals surface area contributed by atoms with Gasteiger partial charge in [-0.15, -0.1) is 35.7 Å². The van der Waals surface area contributed by atoms with Crippen LogP contribution in [0.3, 0.4) is 0 Å². The second-order valence-electron chi connectivity index (χ2n) is 2.56. The maximum atomic E-state index is 4.44. The van der Waals surface area contributed by atoms with Crippen LogP contribution in [-0.4, -0.2) is 6.26 Å². The van der Waals surface area contributed by atoms with Gasteiger partial charge >= 0.3 is 0 Å². The third-order valence-electron chi connectivity index (χ3n) is 1.82. The van der Waals surface area contributed by atoms with Gasteiger partial charge in [0, 0.05) is 13.9 Å². The van der Waals surface area contributed by atoms with Gasteiger partial charge in [0.25, 0.3) is 0 Å². The zero-order chi connectivity index (χ0) is 9.42. The van der Waals surface area contributed by atoms with E-state index in [2.05, 4.69) is 59.7 Å². The lowest BCUT2D eigenvalue weighted by Gasteiger charge is -1.96. The van der Waals surface area contributed by atoms with Gasteiger partial charge in [0.05, 0.1) is 8.91 Å². The largest absolute Gasteiger partial charge is 0.132 e. The van der Waals surface area contributed by atoms with Crippen LogP contribution in [0.25, 0.3) is 10.1 Å². The first-order valence-electron chi connectivity index (χ1n) is 3.68. The topological polar surface area (TPSA) is 0 Å². The van der Waals surface area contributed by atoms with Crippen molar-refractivity contribution < 1.29 is 0 Å². The average Bonchev–Trinajstić information content (AvgIpc) is 2.43. The quantitative estimate of drug-likeness (QED) is 0.453. The molecule has 0 aliphatic rings. The van der Waals surface area contributed by atoms with Gasteiger partial charge < -0.3 is 0 Å². The minimum Gasteiger partial charge on any atom is -0.132 e. The highest BCUT2D eigenvalue weighted by Gasteiger charge is 2.09. The molecule has 1 aromatic heterocycles. The molecule has 13 heavy (non-hydrogen) atoms. The molecule has 0 saturated carbocycles. The molecule has 68 valence electrons. The van der Waals surface area contributed by atoms with Crippen LogP contribution in [0.4, 0.5) is 0 Å². The molecule has 2 aromatic rings. The fourth-order valence-electron chi connectivity index (χ4n) is 1.21. The number of hydrogen-bond donors (Lipinski definition) is 1. The zero-order valence-electron chi connectivity index (χ0n) is 6.87. The highest BCUT2D eigenvalue weighted by atomic mass is 127. The van der Waals surface area contributed by atoms with Crippen molar-refractivity contribution in [1.29, 1.82) is 0 Å². The summed E-state index contributed by atoms with van der Waals surface area (Å²) in [7, 11) is 0. The summed E-state index contributed by atoms with van der Waals surface area (Å²) >= 11 is 10.4. The van der Waals surface area contributed by atoms with Crippen LogP contribution < -0.4 is 0 Å². The molecule has 0 nitrogen and oxygen atoms in total. The Kier molecular flexibility index (Phi) is 3.12. The van der Waals surface area contributed by atoms with Crippen molar-refractivity contribution in [3.63, 3.8) is 0 Å². The summed E-state index contributed by atoms with van der Waals surface area (Å²) < 4.78 is 3.76. The van der Waals surface area contributed by atoms with Crippen LogP contribution in [0.15, 0.2) is 27.3 Å². The molecule has 0 bridgehead atoms. The third kappa shape index (κ3) is 1.73. The van der Waals surface area contributed by atoms with Crippen LogP contribution in [0.2, 0.25) is 0 Å². The molecule has 0 saturated heterocycles. The lowest BCUT2D eigenvalue weighted by Crippen LogP contribution is -1.70. The first-order chi connectivity index (χ1) is 6.24. The SMILES string of the molecule is CSc1cccc2c(I)c(S)sc12. The molecule has 4 heteroatoms. The summed E-state index contributed by atoms with van der Waals surface area (Å²) in [6, 6.07) is 6.43. The molecular weight excluding hydrogens is 331 g/mol. The number of rotatable bonds is 1. The van der Waals surface area contributed by atoms with Crippen molar-refractivity contribution in [3.8, 4) is 0 Å². The minimum absolute atomic E-state index is 1.12. The summed E-state index contributed by atoms with van der Waals surface area (Å²) in [6.45, 7) is 0. The van der Waals surface area contributed by atoms with E-state index >= 15 is 0 Å². The van der Waals surface area contributed by atoms with Crippen LogP contribution in [-0.2, 0) is 0 Å². The molecule has 1 aromatic carbocycles. The Labute approximate surface area is 105 Å². The van der Waals surface area contributed by atoms with Gasteiger partial charge in [0.2, 0.25) is 0 Å². The molecule has 2 rings (SSSR count). The van der Waals surface area contributed by atoms with E-state index < -0.39 is 0 Å². The summed E-state index contributed by atoms with van der Waals surface area (Å²) in [5.41, 5.74) is 0. The lowest BCUT2D eigenvalue weighted by molar-refractivity contribution is 1.58. The molecule has 0 N–H and O–H groups in total. The number of thiophene rings is 1. The minimum atomic E-state index is 1.12. The van der Waals surface area contributed by atoms with Gasteiger partial charge in [0.1, 0.15) is 0 Å². The standard InChI is InChI=1S/C9H7IS3/c1-12-6-4-2-3-5-7(10)9(11)13-8(5)6/h2-4,11H,1H3. The number of benzene rings is 1. The van der Waals surface area contributed by atoms with Crippen molar-refractivity contribution >= 4 is 68.4 Å². The van der Waals surface area contributed by atoms with E-state index in [9.17, 15) is 0 Å². The van der Waals surface area contributed by atoms with E-state index in [4.69, 9.17) is 0 Å². The zero-order valence-corrected chi connectivity index (χ0v) is 11.6. The van der Waals surface area contributed by atoms with Crippen molar-refractivity contribution in [1.82, 2.24) is 0 Å². The Hall–Kier alpha value is 0.610. The average molecular weight is 338 g/mol. The third-order valence-corrected chi connectivity index (χ3v) is 6.18. The summed E-state index contributed by atoms with van der Waals surface area (Å²) in [5.74, 6) is 0. The van der Waals surface area contributed by atoms with E-state index in [0.29, 0.717) is 0 Å². The van der Waals surface area contributed by atoms with E-state index in [1.165, 1.54) is 18.6 Å². The second-order valence-corrected chi connectivity index (χ2v) is 6.26. The first-order valence-corrected chi connectivity index (χ1v) is 7.24. The Balaban J connectivity index is 2.84. The second kappa shape index (κ2) is 4.00. The molecular formula is C9H7IS3. The van der Waals surface area contributed by atoms with Crippen LogP contribution in [0.5, 0.6) is 0 Å². The maximum absolute atomic E-state index is 4.44. The molecule has 0 fully saturated rings. The van der Waals surface area contributed by atoms with Gasteiger partial charge in [-0.05, 0) is 34.9 Å². The fraction of sp³-hybridized carbons (Fsp3) is 0.111. The van der Waals surface area contributed by atoms with E-state index in [0.717, 1.165) is 4.21 Å². The fourth-order valence-corrected chi connectivity index (χ4v) is 4.30. The summed E-state index contributed by atoms with van der Waals surface area (Å²) in [6.07, 6.45) is 2.11. The van der Waals surface area contributed by atoms with E-state index in [-0.39, 0.29) is 0 Å². The normalized spacial score (nSPS) is 11.0. The summed E-state index contributed by atoms with van der Waals surface area (Å²) in [4.78, 5) is 1.35. The Morgan fingerprint density at radius 1 is 1.46 bits per heavy atom. The molecule has 1 heterocycles. The van der Waals surface area contributed by atoms with E-state index in [1.54, 1.807) is 23.1 Å². The van der Waals surface area contributed by atoms with Gasteiger partial charge in [-0.3, -0.25) is 0 Å². The predicted octanol–water partition coefficient (Wildman–Crippen LogP) is 4.52. The van der Waals surface area contributed by atoms with Crippen molar-refractivity contribution in [2.24, 2.45) is 0 Å². The Morgan fingerprint density at radius 2 is 2.23 bits per heavy atom. The number of hydrogen-bond acceptors (Lipinski definition) is 3. The van der Waals surface area contributed by atoms with Gasteiger partial charge in [0.15, 0.2) is 0 Å².